The Balaban J connectivity index is 2.63. The van der Waals surface area contributed by atoms with Gasteiger partial charge in [0.05, 0.1) is 12.2 Å². The number of nitrogens with zero attached hydrogens (tertiary/aromatic N) is 2. The molecule has 1 aliphatic rings. The standard InChI is InChI=1S/C29H40N2O3/c1-8-14-31(15-9-2)19-24(18-25(20-32)29(33)34-10-3)26-12-11-13-27(30(26)7)28-22(5)16-21(4)17-23(28)6/h11-13,16-18,20H,8-10,14-15,19H2,1-7H3/b25-18+,26-24+. The van der Waals surface area contributed by atoms with Gasteiger partial charge in [0, 0.05) is 30.5 Å². The number of likely N-dealkylation sites (N-methyl/N-ethyl adjacent to an activating group) is 1. The molecule has 1 aromatic carbocycles. The summed E-state index contributed by atoms with van der Waals surface area (Å²) in [6.07, 6.45) is 10.6. The Labute approximate surface area is 205 Å². The zero-order chi connectivity index (χ0) is 25.3. The van der Waals surface area contributed by atoms with Gasteiger partial charge in [-0.25, -0.2) is 4.79 Å². The minimum atomic E-state index is -0.587. The molecule has 0 aromatic heterocycles. The molecular weight excluding hydrogens is 424 g/mol. The largest absolute Gasteiger partial charge is 0.462 e. The smallest absolute Gasteiger partial charge is 0.341 e. The van der Waals surface area contributed by atoms with Gasteiger partial charge in [-0.15, -0.1) is 0 Å². The number of carbonyl (C=O) groups is 2. The summed E-state index contributed by atoms with van der Waals surface area (Å²) < 4.78 is 5.13. The van der Waals surface area contributed by atoms with Crippen molar-refractivity contribution in [2.45, 2.75) is 54.4 Å². The molecule has 0 saturated heterocycles. The van der Waals surface area contributed by atoms with Crippen LogP contribution in [0.2, 0.25) is 0 Å². The van der Waals surface area contributed by atoms with Crippen LogP contribution in [0, 0.1) is 20.8 Å². The van der Waals surface area contributed by atoms with Gasteiger partial charge in [-0.05, 0) is 88.6 Å². The van der Waals surface area contributed by atoms with Crippen molar-refractivity contribution in [2.24, 2.45) is 0 Å². The molecule has 0 aliphatic carbocycles. The second-order valence-corrected chi connectivity index (χ2v) is 8.87. The molecule has 0 fully saturated rings. The van der Waals surface area contributed by atoms with Crippen LogP contribution in [0.3, 0.4) is 0 Å². The Kier molecular flexibility index (Phi) is 10.5. The third-order valence-corrected chi connectivity index (χ3v) is 5.93. The molecule has 0 amide bonds. The highest BCUT2D eigenvalue weighted by molar-refractivity contribution is 6.08. The summed E-state index contributed by atoms with van der Waals surface area (Å²) in [7, 11) is 2.05. The second kappa shape index (κ2) is 13.1. The summed E-state index contributed by atoms with van der Waals surface area (Å²) in [4.78, 5) is 28.8. The van der Waals surface area contributed by atoms with Crippen molar-refractivity contribution in [3.05, 3.63) is 75.5 Å². The summed E-state index contributed by atoms with van der Waals surface area (Å²) in [5.74, 6) is -0.587. The number of allylic oxidation sites excluding steroid dienone is 3. The lowest BCUT2D eigenvalue weighted by Crippen LogP contribution is -2.30. The molecular formula is C29H40N2O3. The van der Waals surface area contributed by atoms with Crippen molar-refractivity contribution in [1.82, 2.24) is 9.80 Å². The van der Waals surface area contributed by atoms with Crippen LogP contribution in [-0.2, 0) is 14.3 Å². The molecule has 0 saturated carbocycles. The summed E-state index contributed by atoms with van der Waals surface area (Å²) in [5.41, 5.74) is 7.92. The van der Waals surface area contributed by atoms with Gasteiger partial charge in [0.25, 0.3) is 0 Å². The number of rotatable bonds is 11. The third kappa shape index (κ3) is 6.80. The SMILES string of the molecule is CCCN(CCC)CC(/C=C(\C=O)C(=O)OCC)=C1\C=CC=C(c2c(C)cc(C)cc2C)N1C. The molecule has 1 aliphatic heterocycles. The summed E-state index contributed by atoms with van der Waals surface area (Å²) in [5, 5.41) is 0. The van der Waals surface area contributed by atoms with E-state index in [4.69, 9.17) is 4.74 Å². The van der Waals surface area contributed by atoms with Gasteiger partial charge < -0.3 is 9.64 Å². The van der Waals surface area contributed by atoms with Crippen LogP contribution >= 0.6 is 0 Å². The molecule has 0 atom stereocenters. The summed E-state index contributed by atoms with van der Waals surface area (Å²) in [6, 6.07) is 4.41. The molecule has 5 nitrogen and oxygen atoms in total. The Morgan fingerprint density at radius 2 is 1.68 bits per heavy atom. The summed E-state index contributed by atoms with van der Waals surface area (Å²) >= 11 is 0. The van der Waals surface area contributed by atoms with E-state index in [0.29, 0.717) is 12.8 Å². The van der Waals surface area contributed by atoms with Crippen molar-refractivity contribution >= 4 is 18.0 Å². The number of ether oxygens (including phenoxy) is 1. The topological polar surface area (TPSA) is 49.9 Å². The van der Waals surface area contributed by atoms with Crippen molar-refractivity contribution in [1.29, 1.82) is 0 Å². The highest BCUT2D eigenvalue weighted by Gasteiger charge is 2.21. The zero-order valence-electron chi connectivity index (χ0n) is 21.9. The second-order valence-electron chi connectivity index (χ2n) is 8.87. The van der Waals surface area contributed by atoms with Gasteiger partial charge in [0.1, 0.15) is 0 Å². The third-order valence-electron chi connectivity index (χ3n) is 5.93. The van der Waals surface area contributed by atoms with Crippen molar-refractivity contribution in [2.75, 3.05) is 33.3 Å². The van der Waals surface area contributed by atoms with Crippen LogP contribution in [0.5, 0.6) is 0 Å². The fourth-order valence-corrected chi connectivity index (χ4v) is 4.63. The number of hydrogen-bond donors (Lipinski definition) is 0. The predicted molar refractivity (Wildman–Crippen MR) is 140 cm³/mol. The van der Waals surface area contributed by atoms with Gasteiger partial charge in [-0.1, -0.05) is 37.6 Å². The molecule has 0 bridgehead atoms. The van der Waals surface area contributed by atoms with Crippen molar-refractivity contribution in [3.63, 3.8) is 0 Å². The van der Waals surface area contributed by atoms with Gasteiger partial charge in [-0.3, -0.25) is 9.69 Å². The van der Waals surface area contributed by atoms with E-state index >= 15 is 0 Å². The number of carbonyl (C=O) groups excluding carboxylic acids is 2. The number of hydrogen-bond acceptors (Lipinski definition) is 5. The zero-order valence-corrected chi connectivity index (χ0v) is 21.9. The first kappa shape index (κ1) is 27.3. The first-order valence-corrected chi connectivity index (χ1v) is 12.3. The van der Waals surface area contributed by atoms with Crippen LogP contribution in [0.15, 0.2) is 53.3 Å². The molecule has 34 heavy (non-hydrogen) atoms. The molecule has 0 unspecified atom stereocenters. The van der Waals surface area contributed by atoms with Crippen LogP contribution in [0.25, 0.3) is 5.70 Å². The maximum Gasteiger partial charge on any atom is 0.341 e. The molecule has 184 valence electrons. The van der Waals surface area contributed by atoms with Crippen LogP contribution < -0.4 is 0 Å². The Hall–Kier alpha value is -2.92. The molecule has 0 radical (unpaired) electrons. The average molecular weight is 465 g/mol. The van der Waals surface area contributed by atoms with E-state index in [9.17, 15) is 9.59 Å². The number of aryl methyl sites for hydroxylation is 3. The quantitative estimate of drug-likeness (QED) is 0.142. The van der Waals surface area contributed by atoms with E-state index in [1.165, 1.54) is 22.3 Å². The lowest BCUT2D eigenvalue weighted by molar-refractivity contribution is -0.139. The lowest BCUT2D eigenvalue weighted by Gasteiger charge is -2.32. The van der Waals surface area contributed by atoms with E-state index in [2.05, 4.69) is 68.7 Å². The van der Waals surface area contributed by atoms with E-state index < -0.39 is 5.97 Å². The molecule has 1 heterocycles. The first-order valence-electron chi connectivity index (χ1n) is 12.3. The predicted octanol–water partition coefficient (Wildman–Crippen LogP) is 5.52. The summed E-state index contributed by atoms with van der Waals surface area (Å²) in [6.45, 7) is 15.2. The average Bonchev–Trinajstić information content (AvgIpc) is 2.77. The molecule has 5 heteroatoms. The first-order chi connectivity index (χ1) is 16.3. The Morgan fingerprint density at radius 1 is 1.06 bits per heavy atom. The van der Waals surface area contributed by atoms with E-state index in [-0.39, 0.29) is 12.2 Å². The van der Waals surface area contributed by atoms with Crippen molar-refractivity contribution < 1.29 is 14.3 Å². The maximum atomic E-state index is 12.4. The molecule has 0 spiro atoms. The fraction of sp³-hybridized carbons (Fsp3) is 0.448. The van der Waals surface area contributed by atoms with E-state index in [1.54, 1.807) is 13.0 Å². The number of esters is 1. The maximum absolute atomic E-state index is 12.4. The van der Waals surface area contributed by atoms with Crippen molar-refractivity contribution in [3.8, 4) is 0 Å². The minimum Gasteiger partial charge on any atom is -0.462 e. The Bertz CT molecular complexity index is 985. The van der Waals surface area contributed by atoms with Crippen LogP contribution in [-0.4, -0.2) is 55.3 Å². The number of benzene rings is 1. The molecule has 1 aromatic rings. The molecule has 2 rings (SSSR count). The lowest BCUT2D eigenvalue weighted by atomic mass is 9.94. The van der Waals surface area contributed by atoms with Gasteiger partial charge in [-0.2, -0.15) is 0 Å². The highest BCUT2D eigenvalue weighted by Crippen LogP contribution is 2.33. The Morgan fingerprint density at radius 3 is 2.21 bits per heavy atom. The van der Waals surface area contributed by atoms with Gasteiger partial charge >= 0.3 is 5.97 Å². The van der Waals surface area contributed by atoms with Crippen LogP contribution in [0.1, 0.15) is 55.9 Å². The van der Waals surface area contributed by atoms with Gasteiger partial charge in [0.15, 0.2) is 6.29 Å². The van der Waals surface area contributed by atoms with E-state index in [0.717, 1.165) is 42.9 Å². The minimum absolute atomic E-state index is 0.0397. The van der Waals surface area contributed by atoms with Gasteiger partial charge in [0.2, 0.25) is 0 Å². The fourth-order valence-electron chi connectivity index (χ4n) is 4.63. The monoisotopic (exact) mass is 464 g/mol. The normalized spacial score (nSPS) is 15.5. The highest BCUT2D eigenvalue weighted by atomic mass is 16.5. The van der Waals surface area contributed by atoms with Crippen LogP contribution in [0.4, 0.5) is 0 Å². The molecule has 0 N–H and O–H groups in total. The van der Waals surface area contributed by atoms with E-state index in [1.807, 2.05) is 13.1 Å². The number of aldehydes is 1.